The molecule has 1 atom stereocenters. The van der Waals surface area contributed by atoms with Crippen molar-refractivity contribution < 1.29 is 8.42 Å². The molecule has 0 saturated carbocycles. The largest absolute Gasteiger partial charge is 0.246 e. The third-order valence-electron chi connectivity index (χ3n) is 2.64. The molecule has 0 aliphatic heterocycles. The number of fused-ring (bicyclic) bond motifs is 1. The zero-order chi connectivity index (χ0) is 13.3. The average Bonchev–Trinajstić information content (AvgIpc) is 2.84. The maximum Gasteiger partial charge on any atom is 0.246 e. The summed E-state index contributed by atoms with van der Waals surface area (Å²) in [5.41, 5.74) is 0.888. The lowest BCUT2D eigenvalue weighted by molar-refractivity contribution is 0.442. The first-order chi connectivity index (χ1) is 8.48. The molecule has 2 aromatic rings. The van der Waals surface area contributed by atoms with Crippen LogP contribution in [0.3, 0.4) is 0 Å². The number of nitriles is 1. The van der Waals surface area contributed by atoms with Gasteiger partial charge in [0.2, 0.25) is 10.0 Å². The van der Waals surface area contributed by atoms with Crippen molar-refractivity contribution in [2.75, 3.05) is 7.05 Å². The molecule has 1 aromatic heterocycles. The summed E-state index contributed by atoms with van der Waals surface area (Å²) in [6.45, 7) is 1.52. The molecule has 0 N–H and O–H groups in total. The molecule has 1 aromatic carbocycles. The van der Waals surface area contributed by atoms with Crippen LogP contribution in [0.15, 0.2) is 23.1 Å². The van der Waals surface area contributed by atoms with Crippen molar-refractivity contribution in [2.24, 2.45) is 0 Å². The number of aromatic nitrogens is 2. The monoisotopic (exact) mass is 282 g/mol. The maximum atomic E-state index is 12.4. The molecule has 18 heavy (non-hydrogen) atoms. The third-order valence-corrected chi connectivity index (χ3v) is 5.14. The summed E-state index contributed by atoms with van der Waals surface area (Å²) in [6, 6.07) is 5.94. The van der Waals surface area contributed by atoms with Gasteiger partial charge in [-0.15, -0.1) is 0 Å². The van der Waals surface area contributed by atoms with Gasteiger partial charge in [0.15, 0.2) is 0 Å². The van der Waals surface area contributed by atoms with E-state index < -0.39 is 16.1 Å². The predicted octanol–water partition coefficient (Wildman–Crippen LogP) is 1.22. The Labute approximate surface area is 109 Å². The highest BCUT2D eigenvalue weighted by atomic mass is 32.2. The molecule has 1 unspecified atom stereocenters. The minimum absolute atomic E-state index is 0.0818. The third kappa shape index (κ3) is 1.96. The lowest BCUT2D eigenvalue weighted by Crippen LogP contribution is -2.34. The van der Waals surface area contributed by atoms with Crippen LogP contribution in [0.25, 0.3) is 11.0 Å². The van der Waals surface area contributed by atoms with Crippen LogP contribution < -0.4 is 0 Å². The molecule has 0 radical (unpaired) electrons. The van der Waals surface area contributed by atoms with Crippen molar-refractivity contribution in [3.63, 3.8) is 0 Å². The summed E-state index contributed by atoms with van der Waals surface area (Å²) in [5, 5.41) is 8.81. The molecular formula is C10H10N4O2S2. The summed E-state index contributed by atoms with van der Waals surface area (Å²) >= 11 is 0.961. The van der Waals surface area contributed by atoms with Gasteiger partial charge in [-0.25, -0.2) is 8.42 Å². The highest BCUT2D eigenvalue weighted by molar-refractivity contribution is 7.89. The standard InChI is InChI=1S/C10H10N4O2S2/c1-7(6-11)14(2)18(15,16)9-5-3-4-8-10(9)13-17-12-8/h3-5,7H,1-2H3. The van der Waals surface area contributed by atoms with Gasteiger partial charge in [-0.3, -0.25) is 0 Å². The van der Waals surface area contributed by atoms with Gasteiger partial charge in [0.1, 0.15) is 22.0 Å². The summed E-state index contributed by atoms with van der Waals surface area (Å²) in [6.07, 6.45) is 0. The Bertz CT molecular complexity index is 717. The number of benzene rings is 1. The molecule has 0 aliphatic rings. The van der Waals surface area contributed by atoms with Crippen LogP contribution in [-0.2, 0) is 10.0 Å². The van der Waals surface area contributed by atoms with E-state index >= 15 is 0 Å². The van der Waals surface area contributed by atoms with Crippen LogP contribution >= 0.6 is 11.7 Å². The van der Waals surface area contributed by atoms with E-state index in [-0.39, 0.29) is 4.90 Å². The molecule has 2 rings (SSSR count). The summed E-state index contributed by atoms with van der Waals surface area (Å²) < 4.78 is 33.7. The van der Waals surface area contributed by atoms with Gasteiger partial charge in [0, 0.05) is 7.05 Å². The first kappa shape index (κ1) is 12.9. The van der Waals surface area contributed by atoms with E-state index in [2.05, 4.69) is 8.75 Å². The van der Waals surface area contributed by atoms with Gasteiger partial charge in [0.25, 0.3) is 0 Å². The van der Waals surface area contributed by atoms with Crippen molar-refractivity contribution >= 4 is 32.8 Å². The van der Waals surface area contributed by atoms with Gasteiger partial charge >= 0.3 is 0 Å². The van der Waals surface area contributed by atoms with E-state index in [0.717, 1.165) is 16.0 Å². The zero-order valence-corrected chi connectivity index (χ0v) is 11.4. The summed E-state index contributed by atoms with van der Waals surface area (Å²) in [5.74, 6) is 0. The molecule has 6 nitrogen and oxygen atoms in total. The molecule has 0 fully saturated rings. The van der Waals surface area contributed by atoms with Gasteiger partial charge in [0.05, 0.1) is 17.8 Å². The molecule has 0 aliphatic carbocycles. The number of hydrogen-bond acceptors (Lipinski definition) is 6. The lowest BCUT2D eigenvalue weighted by atomic mass is 10.3. The smallest absolute Gasteiger partial charge is 0.207 e. The minimum Gasteiger partial charge on any atom is -0.207 e. The number of rotatable bonds is 3. The first-order valence-electron chi connectivity index (χ1n) is 5.07. The van der Waals surface area contributed by atoms with Crippen LogP contribution in [0.4, 0.5) is 0 Å². The van der Waals surface area contributed by atoms with E-state index in [4.69, 9.17) is 5.26 Å². The Balaban J connectivity index is 2.61. The molecule has 1 heterocycles. The molecule has 0 saturated heterocycles. The number of hydrogen-bond donors (Lipinski definition) is 0. The van der Waals surface area contributed by atoms with Crippen molar-refractivity contribution in [3.05, 3.63) is 18.2 Å². The van der Waals surface area contributed by atoms with E-state index in [0.29, 0.717) is 11.0 Å². The van der Waals surface area contributed by atoms with Crippen LogP contribution in [0.5, 0.6) is 0 Å². The van der Waals surface area contributed by atoms with Crippen LogP contribution in [0.2, 0.25) is 0 Å². The molecule has 0 bridgehead atoms. The number of sulfonamides is 1. The minimum atomic E-state index is -3.73. The normalized spacial score (nSPS) is 13.7. The van der Waals surface area contributed by atoms with Gasteiger partial charge < -0.3 is 0 Å². The Kier molecular flexibility index (Phi) is 3.30. The van der Waals surface area contributed by atoms with Crippen LogP contribution in [-0.4, -0.2) is 34.6 Å². The Morgan fingerprint density at radius 1 is 1.44 bits per heavy atom. The molecule has 8 heteroatoms. The van der Waals surface area contributed by atoms with E-state index in [1.54, 1.807) is 12.1 Å². The molecule has 0 amide bonds. The molecular weight excluding hydrogens is 272 g/mol. The predicted molar refractivity (Wildman–Crippen MR) is 67.4 cm³/mol. The Morgan fingerprint density at radius 3 is 2.83 bits per heavy atom. The fourth-order valence-electron chi connectivity index (χ4n) is 1.43. The van der Waals surface area contributed by atoms with Gasteiger partial charge in [-0.2, -0.15) is 18.3 Å². The van der Waals surface area contributed by atoms with Gasteiger partial charge in [-0.1, -0.05) is 6.07 Å². The fourth-order valence-corrected chi connectivity index (χ4v) is 3.46. The first-order valence-corrected chi connectivity index (χ1v) is 7.24. The van der Waals surface area contributed by atoms with Crippen molar-refractivity contribution in [1.29, 1.82) is 5.26 Å². The average molecular weight is 282 g/mol. The molecule has 94 valence electrons. The van der Waals surface area contributed by atoms with Gasteiger partial charge in [-0.05, 0) is 19.1 Å². The fraction of sp³-hybridized carbons (Fsp3) is 0.300. The summed E-state index contributed by atoms with van der Waals surface area (Å²) in [4.78, 5) is 0.0818. The quantitative estimate of drug-likeness (QED) is 0.844. The Hall–Kier alpha value is -1.56. The van der Waals surface area contributed by atoms with Crippen LogP contribution in [0, 0.1) is 11.3 Å². The maximum absolute atomic E-state index is 12.4. The van der Waals surface area contributed by atoms with Crippen molar-refractivity contribution in [2.45, 2.75) is 17.9 Å². The summed E-state index contributed by atoms with van der Waals surface area (Å²) in [7, 11) is -2.35. The topological polar surface area (TPSA) is 87.0 Å². The second-order valence-electron chi connectivity index (χ2n) is 3.71. The lowest BCUT2D eigenvalue weighted by Gasteiger charge is -2.18. The Morgan fingerprint density at radius 2 is 2.17 bits per heavy atom. The SMILES string of the molecule is CC(C#N)N(C)S(=O)(=O)c1cccc2nsnc12. The molecule has 0 spiro atoms. The van der Waals surface area contributed by atoms with Crippen molar-refractivity contribution in [1.82, 2.24) is 13.1 Å². The highest BCUT2D eigenvalue weighted by Crippen LogP contribution is 2.24. The zero-order valence-electron chi connectivity index (χ0n) is 9.73. The second-order valence-corrected chi connectivity index (χ2v) is 6.21. The number of nitrogens with zero attached hydrogens (tertiary/aromatic N) is 4. The van der Waals surface area contributed by atoms with Crippen molar-refractivity contribution in [3.8, 4) is 6.07 Å². The van der Waals surface area contributed by atoms with E-state index in [1.165, 1.54) is 20.0 Å². The van der Waals surface area contributed by atoms with Crippen LogP contribution in [0.1, 0.15) is 6.92 Å². The van der Waals surface area contributed by atoms with E-state index in [9.17, 15) is 8.42 Å². The van der Waals surface area contributed by atoms with E-state index in [1.807, 2.05) is 6.07 Å². The highest BCUT2D eigenvalue weighted by Gasteiger charge is 2.28. The second kappa shape index (κ2) is 4.61.